The van der Waals surface area contributed by atoms with E-state index in [0.717, 1.165) is 0 Å². The van der Waals surface area contributed by atoms with E-state index < -0.39 is 20.2 Å². The second kappa shape index (κ2) is 5.00. The Labute approximate surface area is 100 Å². The number of hydrogen-bond donors (Lipinski definition) is 3. The van der Waals surface area contributed by atoms with Gasteiger partial charge in [-0.25, -0.2) is 18.3 Å². The van der Waals surface area contributed by atoms with Crippen molar-refractivity contribution in [2.75, 3.05) is 11.3 Å². The van der Waals surface area contributed by atoms with E-state index >= 15 is 0 Å². The average molecular weight is 279 g/mol. The predicted molar refractivity (Wildman–Crippen MR) is 64.0 cm³/mol. The van der Waals surface area contributed by atoms with Crippen LogP contribution in [0.2, 0.25) is 0 Å². The molecule has 7 nitrogen and oxygen atoms in total. The minimum Gasteiger partial charge on any atom is -0.270 e. The molecule has 9 heteroatoms. The molecule has 0 aliphatic heterocycles. The topological polar surface area (TPSA) is 118 Å². The van der Waals surface area contributed by atoms with Gasteiger partial charge >= 0.3 is 0 Å². The molecule has 0 saturated heterocycles. The van der Waals surface area contributed by atoms with Gasteiger partial charge in [0.25, 0.3) is 10.2 Å². The van der Waals surface area contributed by atoms with E-state index in [1.54, 1.807) is 6.92 Å². The van der Waals surface area contributed by atoms with E-state index in [2.05, 4.69) is 4.72 Å². The van der Waals surface area contributed by atoms with E-state index in [4.69, 9.17) is 5.14 Å². The van der Waals surface area contributed by atoms with Gasteiger partial charge in [0.1, 0.15) is 4.90 Å². The van der Waals surface area contributed by atoms with Gasteiger partial charge in [-0.1, -0.05) is 19.1 Å². The highest BCUT2D eigenvalue weighted by Gasteiger charge is 2.18. The van der Waals surface area contributed by atoms with Gasteiger partial charge in [-0.2, -0.15) is 8.42 Å². The van der Waals surface area contributed by atoms with Gasteiger partial charge in [-0.15, -0.1) is 0 Å². The van der Waals surface area contributed by atoms with Crippen molar-refractivity contribution in [2.45, 2.75) is 11.8 Å². The lowest BCUT2D eigenvalue weighted by Crippen LogP contribution is -2.27. The summed E-state index contributed by atoms with van der Waals surface area (Å²) in [6.45, 7) is 1.82. The maximum Gasteiger partial charge on any atom is 0.296 e. The lowest BCUT2D eigenvalue weighted by molar-refractivity contribution is 0.584. The fraction of sp³-hybridized carbons (Fsp3) is 0.250. The highest BCUT2D eigenvalue weighted by Crippen LogP contribution is 2.20. The fourth-order valence-corrected chi connectivity index (χ4v) is 2.96. The second-order valence-electron chi connectivity index (χ2n) is 3.14. The van der Waals surface area contributed by atoms with Crippen LogP contribution in [0.15, 0.2) is 29.2 Å². The molecule has 0 aliphatic carbocycles. The van der Waals surface area contributed by atoms with Gasteiger partial charge in [0.2, 0.25) is 10.0 Å². The zero-order valence-corrected chi connectivity index (χ0v) is 10.7. The molecule has 17 heavy (non-hydrogen) atoms. The van der Waals surface area contributed by atoms with E-state index in [1.807, 2.05) is 4.72 Å². The molecule has 0 unspecified atom stereocenters. The van der Waals surface area contributed by atoms with Crippen molar-refractivity contribution in [3.8, 4) is 0 Å². The molecule has 0 bridgehead atoms. The second-order valence-corrected chi connectivity index (χ2v) is 6.17. The van der Waals surface area contributed by atoms with Gasteiger partial charge in [-0.05, 0) is 12.1 Å². The summed E-state index contributed by atoms with van der Waals surface area (Å²) in [5, 5.41) is 4.80. The van der Waals surface area contributed by atoms with E-state index in [0.29, 0.717) is 0 Å². The zero-order chi connectivity index (χ0) is 13.1. The van der Waals surface area contributed by atoms with Crippen LogP contribution in [0.1, 0.15) is 6.92 Å². The Kier molecular flexibility index (Phi) is 4.09. The molecule has 1 aromatic rings. The summed E-state index contributed by atoms with van der Waals surface area (Å²) in [6, 6.07) is 5.58. The maximum atomic E-state index is 11.8. The third-order valence-electron chi connectivity index (χ3n) is 1.76. The van der Waals surface area contributed by atoms with Gasteiger partial charge < -0.3 is 0 Å². The van der Waals surface area contributed by atoms with Crippen molar-refractivity contribution in [1.82, 2.24) is 4.72 Å². The summed E-state index contributed by atoms with van der Waals surface area (Å²) >= 11 is 0. The number of anilines is 1. The van der Waals surface area contributed by atoms with Crippen LogP contribution < -0.4 is 14.6 Å². The van der Waals surface area contributed by atoms with Crippen molar-refractivity contribution in [2.24, 2.45) is 5.14 Å². The Hall–Kier alpha value is -1.16. The fourth-order valence-electron chi connectivity index (χ4n) is 1.21. The molecule has 0 spiro atoms. The number of benzene rings is 1. The van der Waals surface area contributed by atoms with Crippen LogP contribution >= 0.6 is 0 Å². The highest BCUT2D eigenvalue weighted by atomic mass is 32.2. The van der Waals surface area contributed by atoms with Gasteiger partial charge in [0, 0.05) is 6.54 Å². The van der Waals surface area contributed by atoms with Crippen LogP contribution in [0.5, 0.6) is 0 Å². The maximum absolute atomic E-state index is 11.8. The molecule has 0 atom stereocenters. The molecule has 0 aliphatic rings. The van der Waals surface area contributed by atoms with Crippen molar-refractivity contribution >= 4 is 25.9 Å². The summed E-state index contributed by atoms with van der Waals surface area (Å²) in [5.41, 5.74) is -0.0871. The smallest absolute Gasteiger partial charge is 0.270 e. The first-order valence-corrected chi connectivity index (χ1v) is 7.68. The van der Waals surface area contributed by atoms with E-state index in [1.165, 1.54) is 24.3 Å². The molecule has 4 N–H and O–H groups in total. The van der Waals surface area contributed by atoms with Crippen LogP contribution in [0, 0.1) is 0 Å². The van der Waals surface area contributed by atoms with Crippen LogP contribution in [-0.2, 0) is 20.2 Å². The molecule has 1 rings (SSSR count). The Morgan fingerprint density at radius 1 is 1.18 bits per heavy atom. The molecule has 0 heterocycles. The molecule has 96 valence electrons. The molecule has 0 amide bonds. The van der Waals surface area contributed by atoms with Crippen LogP contribution in [0.4, 0.5) is 5.69 Å². The lowest BCUT2D eigenvalue weighted by Gasteiger charge is -2.10. The van der Waals surface area contributed by atoms with Gasteiger partial charge in [-0.3, -0.25) is 4.72 Å². The lowest BCUT2D eigenvalue weighted by atomic mass is 10.3. The third kappa shape index (κ3) is 3.97. The van der Waals surface area contributed by atoms with Crippen LogP contribution in [0.25, 0.3) is 0 Å². The molecule has 0 aromatic heterocycles. The average Bonchev–Trinajstić information content (AvgIpc) is 2.15. The Balaban J connectivity index is 3.26. The monoisotopic (exact) mass is 279 g/mol. The minimum atomic E-state index is -4.02. The molecule has 1 aromatic carbocycles. The number of nitrogens with two attached hydrogens (primary N) is 1. The van der Waals surface area contributed by atoms with Crippen molar-refractivity contribution < 1.29 is 16.8 Å². The SMILES string of the molecule is CCNS(=O)(=O)c1ccccc1NS(N)(=O)=O. The molecular formula is C8H13N3O4S2. The first kappa shape index (κ1) is 13.9. The zero-order valence-electron chi connectivity index (χ0n) is 9.04. The van der Waals surface area contributed by atoms with Crippen molar-refractivity contribution in [3.63, 3.8) is 0 Å². The normalized spacial score (nSPS) is 12.4. The number of nitrogens with one attached hydrogen (secondary N) is 2. The number of hydrogen-bond acceptors (Lipinski definition) is 4. The van der Waals surface area contributed by atoms with Gasteiger partial charge in [0.15, 0.2) is 0 Å². The first-order chi connectivity index (χ1) is 7.76. The Bertz CT molecular complexity index is 595. The summed E-state index contributed by atoms with van der Waals surface area (Å²) in [5.74, 6) is 0. The van der Waals surface area contributed by atoms with E-state index in [-0.39, 0.29) is 17.1 Å². The standard InChI is InChI=1S/C8H13N3O4S2/c1-2-10-16(12,13)8-6-4-3-5-7(8)11-17(9,14)15/h3-6,10-11H,2H2,1H3,(H2,9,14,15). The van der Waals surface area contributed by atoms with Crippen LogP contribution in [0.3, 0.4) is 0 Å². The molecule has 0 radical (unpaired) electrons. The highest BCUT2D eigenvalue weighted by molar-refractivity contribution is 7.91. The quantitative estimate of drug-likeness (QED) is 0.679. The summed E-state index contributed by atoms with van der Waals surface area (Å²) < 4.78 is 49.5. The number of sulfonamides is 1. The summed E-state index contributed by atoms with van der Waals surface area (Å²) in [6.07, 6.45) is 0. The third-order valence-corrected chi connectivity index (χ3v) is 3.87. The molecule has 0 saturated carbocycles. The first-order valence-electron chi connectivity index (χ1n) is 4.65. The summed E-state index contributed by atoms with van der Waals surface area (Å²) in [4.78, 5) is -0.170. The number of para-hydroxylation sites is 1. The minimum absolute atomic E-state index is 0.0871. The number of rotatable bonds is 5. The van der Waals surface area contributed by atoms with Crippen molar-refractivity contribution in [3.05, 3.63) is 24.3 Å². The predicted octanol–water partition coefficient (Wildman–Crippen LogP) is -0.400. The van der Waals surface area contributed by atoms with E-state index in [9.17, 15) is 16.8 Å². The van der Waals surface area contributed by atoms with Crippen molar-refractivity contribution in [1.29, 1.82) is 0 Å². The molecule has 0 fully saturated rings. The summed E-state index contributed by atoms with van der Waals surface area (Å²) in [7, 11) is -7.76. The largest absolute Gasteiger partial charge is 0.296 e. The Morgan fingerprint density at radius 2 is 1.76 bits per heavy atom. The van der Waals surface area contributed by atoms with Gasteiger partial charge in [0.05, 0.1) is 5.69 Å². The molecular weight excluding hydrogens is 266 g/mol. The Morgan fingerprint density at radius 3 is 2.29 bits per heavy atom. The van der Waals surface area contributed by atoms with Crippen LogP contribution in [-0.4, -0.2) is 23.4 Å².